The van der Waals surface area contributed by atoms with Gasteiger partial charge in [-0.1, -0.05) is 30.3 Å². The molecule has 1 fully saturated rings. The van der Waals surface area contributed by atoms with Crippen LogP contribution in [0.15, 0.2) is 41.3 Å². The fraction of sp³-hybridized carbons (Fsp3) is 0.444. The first kappa shape index (κ1) is 17.2. The van der Waals surface area contributed by atoms with Crippen LogP contribution in [0.5, 0.6) is 0 Å². The van der Waals surface area contributed by atoms with Gasteiger partial charge in [-0.2, -0.15) is 4.98 Å². The molecule has 8 nitrogen and oxygen atoms in total. The number of rotatable bonds is 4. The third-order valence-electron chi connectivity index (χ3n) is 4.85. The number of nitrogens with one attached hydrogen (secondary N) is 1. The molecule has 2 aliphatic heterocycles. The van der Waals surface area contributed by atoms with Crippen LogP contribution in [0.4, 0.5) is 5.82 Å². The van der Waals surface area contributed by atoms with E-state index in [0.29, 0.717) is 5.82 Å². The van der Waals surface area contributed by atoms with Gasteiger partial charge < -0.3 is 20.4 Å². The van der Waals surface area contributed by atoms with Crippen molar-refractivity contribution >= 4 is 5.82 Å². The van der Waals surface area contributed by atoms with Crippen LogP contribution in [-0.2, 0) is 17.7 Å². The van der Waals surface area contributed by atoms with Gasteiger partial charge in [0.1, 0.15) is 12.3 Å². The summed E-state index contributed by atoms with van der Waals surface area (Å²) in [6, 6.07) is 10.1. The first-order valence-electron chi connectivity index (χ1n) is 8.76. The molecule has 138 valence electrons. The second-order valence-corrected chi connectivity index (χ2v) is 6.69. The highest BCUT2D eigenvalue weighted by Crippen LogP contribution is 2.28. The Kier molecular flexibility index (Phi) is 4.73. The summed E-state index contributed by atoms with van der Waals surface area (Å²) in [6.07, 6.45) is 0.708. The molecule has 3 unspecified atom stereocenters. The van der Waals surface area contributed by atoms with Gasteiger partial charge in [-0.05, 0) is 12.0 Å². The first-order valence-corrected chi connectivity index (χ1v) is 8.76. The molecule has 3 atom stereocenters. The third kappa shape index (κ3) is 3.36. The Bertz CT molecular complexity index is 826. The third-order valence-corrected chi connectivity index (χ3v) is 4.85. The van der Waals surface area contributed by atoms with Crippen LogP contribution in [0.25, 0.3) is 0 Å². The molecule has 0 bridgehead atoms. The van der Waals surface area contributed by atoms with Crippen LogP contribution in [0.3, 0.4) is 0 Å². The number of aliphatic hydroxyl groups excluding tert-OH is 2. The summed E-state index contributed by atoms with van der Waals surface area (Å²) >= 11 is 0. The Hall–Kier alpha value is -2.26. The van der Waals surface area contributed by atoms with Gasteiger partial charge in [0.25, 0.3) is 0 Å². The minimum absolute atomic E-state index is 0.263. The molecule has 1 aromatic heterocycles. The normalized spacial score (nSPS) is 25.7. The number of aromatic nitrogens is 2. The van der Waals surface area contributed by atoms with Gasteiger partial charge in [-0.25, -0.2) is 9.80 Å². The zero-order valence-corrected chi connectivity index (χ0v) is 14.3. The number of hydrazine groups is 1. The minimum Gasteiger partial charge on any atom is -0.394 e. The maximum absolute atomic E-state index is 12.4. The van der Waals surface area contributed by atoms with E-state index in [-0.39, 0.29) is 13.0 Å². The number of fused-ring (bicyclic) bond motifs is 1. The molecular formula is C18H22N4O4. The minimum atomic E-state index is -0.785. The van der Waals surface area contributed by atoms with E-state index in [4.69, 9.17) is 4.74 Å². The van der Waals surface area contributed by atoms with Gasteiger partial charge in [0.15, 0.2) is 5.82 Å². The number of ether oxygens (including phenoxy) is 1. The Morgan fingerprint density at radius 1 is 1.31 bits per heavy atom. The predicted octanol–water partition coefficient (Wildman–Crippen LogP) is 0.269. The molecule has 1 saturated heterocycles. The lowest BCUT2D eigenvalue weighted by Gasteiger charge is -2.30. The lowest BCUT2D eigenvalue weighted by Crippen LogP contribution is -2.39. The monoisotopic (exact) mass is 358 g/mol. The van der Waals surface area contributed by atoms with E-state index < -0.39 is 24.1 Å². The summed E-state index contributed by atoms with van der Waals surface area (Å²) < 4.78 is 6.98. The van der Waals surface area contributed by atoms with E-state index >= 15 is 0 Å². The lowest BCUT2D eigenvalue weighted by atomic mass is 10.1. The highest BCUT2D eigenvalue weighted by atomic mass is 16.5. The highest BCUT2D eigenvalue weighted by Gasteiger charge is 2.35. The summed E-state index contributed by atoms with van der Waals surface area (Å²) in [5.74, 6) is 0.561. The molecule has 8 heteroatoms. The van der Waals surface area contributed by atoms with E-state index in [0.717, 1.165) is 25.1 Å². The number of anilines is 1. The van der Waals surface area contributed by atoms with Crippen molar-refractivity contribution in [3.63, 3.8) is 0 Å². The van der Waals surface area contributed by atoms with E-state index in [1.54, 1.807) is 6.20 Å². The molecule has 0 amide bonds. The molecule has 1 aromatic carbocycles. The van der Waals surface area contributed by atoms with Crippen molar-refractivity contribution in [3.8, 4) is 0 Å². The van der Waals surface area contributed by atoms with Crippen LogP contribution in [0.1, 0.15) is 23.8 Å². The maximum Gasteiger partial charge on any atom is 0.351 e. The topological polar surface area (TPSA) is 99.9 Å². The van der Waals surface area contributed by atoms with E-state index in [9.17, 15) is 15.0 Å². The van der Waals surface area contributed by atoms with Crippen molar-refractivity contribution in [2.75, 3.05) is 18.6 Å². The van der Waals surface area contributed by atoms with E-state index in [1.807, 2.05) is 23.2 Å². The summed E-state index contributed by atoms with van der Waals surface area (Å²) in [5, 5.41) is 21.1. The van der Waals surface area contributed by atoms with Crippen molar-refractivity contribution in [3.05, 3.63) is 58.1 Å². The van der Waals surface area contributed by atoms with Crippen molar-refractivity contribution in [2.24, 2.45) is 0 Å². The number of nitrogens with zero attached hydrogens (tertiary/aromatic N) is 3. The SMILES string of the molecule is O=c1nc2c(cn1C1CC(O)C(CO)O1)CCN(Cc1ccccc1)N2. The van der Waals surface area contributed by atoms with Crippen molar-refractivity contribution in [1.29, 1.82) is 0 Å². The van der Waals surface area contributed by atoms with Gasteiger partial charge in [0, 0.05) is 31.3 Å². The van der Waals surface area contributed by atoms with Crippen molar-refractivity contribution < 1.29 is 14.9 Å². The van der Waals surface area contributed by atoms with Gasteiger partial charge in [0.05, 0.1) is 12.7 Å². The Labute approximate surface area is 150 Å². The second kappa shape index (κ2) is 7.16. The summed E-state index contributed by atoms with van der Waals surface area (Å²) in [4.78, 5) is 16.6. The van der Waals surface area contributed by atoms with Gasteiger partial charge in [0.2, 0.25) is 0 Å². The van der Waals surface area contributed by atoms with Crippen LogP contribution in [0, 0.1) is 0 Å². The molecule has 3 heterocycles. The fourth-order valence-corrected chi connectivity index (χ4v) is 3.43. The standard InChI is InChI=1S/C18H22N4O4/c23-11-15-14(24)8-16(26-15)22-10-13-6-7-21(20-17(13)19-18(22)25)9-12-4-2-1-3-5-12/h1-5,10,14-16,23-24H,6-9,11H2,(H,19,20,25). The van der Waals surface area contributed by atoms with E-state index in [2.05, 4.69) is 22.5 Å². The van der Waals surface area contributed by atoms with Crippen molar-refractivity contribution in [2.45, 2.75) is 37.8 Å². The fourth-order valence-electron chi connectivity index (χ4n) is 3.43. The average molecular weight is 358 g/mol. The molecule has 0 saturated carbocycles. The zero-order valence-electron chi connectivity index (χ0n) is 14.3. The van der Waals surface area contributed by atoms with Crippen molar-refractivity contribution in [1.82, 2.24) is 14.6 Å². The molecule has 0 aliphatic carbocycles. The maximum atomic E-state index is 12.4. The number of aliphatic hydroxyl groups is 2. The lowest BCUT2D eigenvalue weighted by molar-refractivity contribution is -0.0459. The van der Waals surface area contributed by atoms with E-state index in [1.165, 1.54) is 10.1 Å². The van der Waals surface area contributed by atoms with Crippen LogP contribution in [-0.4, -0.2) is 50.1 Å². The largest absolute Gasteiger partial charge is 0.394 e. The predicted molar refractivity (Wildman–Crippen MR) is 94.3 cm³/mol. The summed E-state index contributed by atoms with van der Waals surface area (Å²) in [6.45, 7) is 1.23. The van der Waals surface area contributed by atoms with Crippen LogP contribution in [0.2, 0.25) is 0 Å². The highest BCUT2D eigenvalue weighted by molar-refractivity contribution is 5.43. The molecule has 26 heavy (non-hydrogen) atoms. The summed E-state index contributed by atoms with van der Waals surface area (Å²) in [7, 11) is 0. The number of hydrogen-bond acceptors (Lipinski definition) is 7. The van der Waals surface area contributed by atoms with Gasteiger partial charge in [-0.15, -0.1) is 0 Å². The molecule has 3 N–H and O–H groups in total. The molecular weight excluding hydrogens is 336 g/mol. The molecule has 0 spiro atoms. The van der Waals surface area contributed by atoms with Gasteiger partial charge in [-0.3, -0.25) is 4.57 Å². The zero-order chi connectivity index (χ0) is 18.1. The molecule has 2 aromatic rings. The quantitative estimate of drug-likeness (QED) is 0.721. The molecule has 4 rings (SSSR count). The van der Waals surface area contributed by atoms with Crippen LogP contribution < -0.4 is 11.1 Å². The molecule has 0 radical (unpaired) electrons. The number of benzene rings is 1. The Balaban J connectivity index is 1.51. The van der Waals surface area contributed by atoms with Crippen LogP contribution >= 0.6 is 0 Å². The second-order valence-electron chi connectivity index (χ2n) is 6.69. The number of hydrogen-bond donors (Lipinski definition) is 3. The molecule has 2 aliphatic rings. The Morgan fingerprint density at radius 3 is 2.85 bits per heavy atom. The smallest absolute Gasteiger partial charge is 0.351 e. The Morgan fingerprint density at radius 2 is 2.12 bits per heavy atom. The summed E-state index contributed by atoms with van der Waals surface area (Å²) in [5.41, 5.74) is 4.89. The first-order chi connectivity index (χ1) is 12.6. The van der Waals surface area contributed by atoms with Gasteiger partial charge >= 0.3 is 5.69 Å². The average Bonchev–Trinajstić information content (AvgIpc) is 3.02.